The Hall–Kier alpha value is -3.44. The molecule has 1 N–H and O–H groups in total. The van der Waals surface area contributed by atoms with E-state index < -0.39 is 17.8 Å². The van der Waals surface area contributed by atoms with Gasteiger partial charge < -0.3 is 9.88 Å². The average Bonchev–Trinajstić information content (AvgIpc) is 3.53. The van der Waals surface area contributed by atoms with E-state index in [1.165, 1.54) is 6.04 Å². The van der Waals surface area contributed by atoms with Gasteiger partial charge in [-0.05, 0) is 36.6 Å². The number of rotatable bonds is 4. The van der Waals surface area contributed by atoms with Crippen LogP contribution in [0.5, 0.6) is 0 Å². The second-order valence-electron chi connectivity index (χ2n) is 9.31. The lowest BCUT2D eigenvalue weighted by molar-refractivity contribution is -0.141. The number of hydrogen-bond acceptors (Lipinski definition) is 5. The van der Waals surface area contributed by atoms with Gasteiger partial charge in [0.05, 0.1) is 16.8 Å². The molecule has 12 heteroatoms. The van der Waals surface area contributed by atoms with Crippen LogP contribution in [-0.2, 0) is 6.18 Å². The van der Waals surface area contributed by atoms with E-state index in [0.717, 1.165) is 60.4 Å². The van der Waals surface area contributed by atoms with Gasteiger partial charge in [-0.15, -0.1) is 0 Å². The fourth-order valence-corrected chi connectivity index (χ4v) is 5.22. The molecule has 191 valence electrons. The third-order valence-electron chi connectivity index (χ3n) is 7.09. The van der Waals surface area contributed by atoms with E-state index in [0.29, 0.717) is 19.1 Å². The average molecular weight is 529 g/mol. The molecule has 0 unspecified atom stereocenters. The number of aromatic amines is 1. The summed E-state index contributed by atoms with van der Waals surface area (Å²) in [6.07, 6.45) is 5.26. The summed E-state index contributed by atoms with van der Waals surface area (Å²) in [4.78, 5) is 27.6. The third kappa shape index (κ3) is 4.46. The molecule has 4 aromatic heterocycles. The number of hydrogen-bond donors (Lipinski definition) is 1. The molecule has 2 saturated heterocycles. The highest BCUT2D eigenvalue weighted by atomic mass is 35.5. The Balaban J connectivity index is 1.05. The highest BCUT2D eigenvalue weighted by molar-refractivity contribution is 6.33. The van der Waals surface area contributed by atoms with Crippen LogP contribution in [-0.4, -0.2) is 72.7 Å². The molecule has 1 radical (unpaired) electrons. The maximum atomic E-state index is 13.0. The lowest BCUT2D eigenvalue weighted by Crippen LogP contribution is -2.56. The van der Waals surface area contributed by atoms with Crippen molar-refractivity contribution in [1.29, 1.82) is 0 Å². The van der Waals surface area contributed by atoms with Crippen molar-refractivity contribution in [3.05, 3.63) is 71.5 Å². The van der Waals surface area contributed by atoms with E-state index in [9.17, 15) is 18.0 Å². The molecule has 0 aliphatic carbocycles. The summed E-state index contributed by atoms with van der Waals surface area (Å²) in [5.41, 5.74) is 1.64. The molecule has 6 rings (SSSR count). The van der Waals surface area contributed by atoms with Crippen molar-refractivity contribution >= 4 is 28.5 Å². The van der Waals surface area contributed by atoms with E-state index in [4.69, 9.17) is 11.6 Å². The quantitative estimate of drug-likeness (QED) is 0.422. The second-order valence-corrected chi connectivity index (χ2v) is 9.72. The van der Waals surface area contributed by atoms with Gasteiger partial charge in [0.25, 0.3) is 5.91 Å². The van der Waals surface area contributed by atoms with E-state index in [-0.39, 0.29) is 10.6 Å². The monoisotopic (exact) mass is 528 g/mol. The SMILES string of the molecule is O=C(c1cc(C(F)(F)F)ncc1Cl)N1CCC(N2C[C](n3cc(-c4ccnc5[nH]ccc45)cn3)C2)CC1. The number of halogens is 4. The van der Waals surface area contributed by atoms with E-state index in [1.54, 1.807) is 11.1 Å². The third-order valence-corrected chi connectivity index (χ3v) is 7.39. The Morgan fingerprint density at radius 1 is 1.11 bits per heavy atom. The van der Waals surface area contributed by atoms with Crippen LogP contribution in [0.25, 0.3) is 22.2 Å². The predicted octanol–water partition coefficient (Wildman–Crippen LogP) is 4.49. The van der Waals surface area contributed by atoms with Crippen molar-refractivity contribution in [2.75, 3.05) is 26.2 Å². The zero-order valence-corrected chi connectivity index (χ0v) is 20.3. The summed E-state index contributed by atoms with van der Waals surface area (Å²) in [7, 11) is 0. The summed E-state index contributed by atoms with van der Waals surface area (Å²) >= 11 is 6.01. The van der Waals surface area contributed by atoms with E-state index >= 15 is 0 Å². The van der Waals surface area contributed by atoms with Crippen LogP contribution >= 0.6 is 11.6 Å². The minimum absolute atomic E-state index is 0.0790. The fourth-order valence-electron chi connectivity index (χ4n) is 5.04. The summed E-state index contributed by atoms with van der Waals surface area (Å²) in [5.74, 6) is -0.496. The smallest absolute Gasteiger partial charge is 0.346 e. The summed E-state index contributed by atoms with van der Waals surface area (Å²) in [5, 5.41) is 5.53. The van der Waals surface area contributed by atoms with Crippen molar-refractivity contribution < 1.29 is 18.0 Å². The van der Waals surface area contributed by atoms with Gasteiger partial charge in [0, 0.05) is 68.0 Å². The summed E-state index contributed by atoms with van der Waals surface area (Å²) < 4.78 is 41.0. The van der Waals surface area contributed by atoms with Crippen LogP contribution < -0.4 is 0 Å². The molecule has 6 heterocycles. The van der Waals surface area contributed by atoms with Crippen LogP contribution in [0.4, 0.5) is 13.2 Å². The predicted molar refractivity (Wildman–Crippen MR) is 131 cm³/mol. The molecule has 0 aromatic carbocycles. The number of carbonyl (C=O) groups excluding carboxylic acids is 1. The number of piperidine rings is 1. The molecule has 0 bridgehead atoms. The van der Waals surface area contributed by atoms with Crippen molar-refractivity contribution in [3.8, 4) is 11.1 Å². The number of carbonyl (C=O) groups is 1. The highest BCUT2D eigenvalue weighted by Gasteiger charge is 2.38. The standard InChI is InChI=1S/C25H22ClF3N7O/c26-21-11-32-22(25(27,28)29)9-20(21)24(37)34-7-3-16(4-8-34)35-13-17(14-35)36-12-15(10-33-36)18-1-5-30-23-19(18)2-6-31-23/h1-2,5-6,9-12,16H,3-4,7-8,13-14H2,(H,30,31). The molecule has 8 nitrogen and oxygen atoms in total. The molecule has 2 aliphatic heterocycles. The van der Waals surface area contributed by atoms with Gasteiger partial charge in [0.15, 0.2) is 0 Å². The Morgan fingerprint density at radius 3 is 2.65 bits per heavy atom. The van der Waals surface area contributed by atoms with E-state index in [2.05, 4.69) is 25.0 Å². The van der Waals surface area contributed by atoms with Crippen LogP contribution in [0.1, 0.15) is 28.9 Å². The molecule has 2 aliphatic rings. The van der Waals surface area contributed by atoms with Crippen LogP contribution in [0.15, 0.2) is 49.2 Å². The van der Waals surface area contributed by atoms with Crippen LogP contribution in [0.2, 0.25) is 5.02 Å². The van der Waals surface area contributed by atoms with Gasteiger partial charge in [0.1, 0.15) is 17.4 Å². The minimum atomic E-state index is -4.64. The molecule has 37 heavy (non-hydrogen) atoms. The van der Waals surface area contributed by atoms with Gasteiger partial charge in [-0.1, -0.05) is 11.6 Å². The van der Waals surface area contributed by atoms with E-state index in [1.807, 2.05) is 35.4 Å². The number of nitrogens with one attached hydrogen (secondary N) is 1. The first-order valence-corrected chi connectivity index (χ1v) is 12.2. The molecule has 0 atom stereocenters. The molecular formula is C25H22ClF3N7O. The largest absolute Gasteiger partial charge is 0.433 e. The topological polar surface area (TPSA) is 82.9 Å². The lowest BCUT2D eigenvalue weighted by atomic mass is 9.97. The molecule has 1 amide bonds. The molecule has 2 fully saturated rings. The van der Waals surface area contributed by atoms with Crippen molar-refractivity contribution in [1.82, 2.24) is 34.5 Å². The maximum absolute atomic E-state index is 13.0. The number of likely N-dealkylation sites (tertiary alicyclic amines) is 2. The molecule has 4 aromatic rings. The lowest BCUT2D eigenvalue weighted by Gasteiger charge is -2.46. The first kappa shape index (κ1) is 23.9. The zero-order chi connectivity index (χ0) is 25.7. The number of pyridine rings is 2. The van der Waals surface area contributed by atoms with Crippen molar-refractivity contribution in [3.63, 3.8) is 0 Å². The number of alkyl halides is 3. The Bertz CT molecular complexity index is 1450. The van der Waals surface area contributed by atoms with Crippen LogP contribution in [0.3, 0.4) is 0 Å². The first-order valence-electron chi connectivity index (χ1n) is 11.9. The highest BCUT2D eigenvalue weighted by Crippen LogP contribution is 2.33. The Labute approximate surface area is 215 Å². The summed E-state index contributed by atoms with van der Waals surface area (Å²) in [6.45, 7) is 2.47. The fraction of sp³-hybridized carbons (Fsp3) is 0.320. The number of aromatic nitrogens is 5. The number of fused-ring (bicyclic) bond motifs is 1. The molecule has 0 spiro atoms. The Morgan fingerprint density at radius 2 is 1.89 bits per heavy atom. The van der Waals surface area contributed by atoms with Gasteiger partial charge in [-0.25, -0.2) is 4.98 Å². The molecule has 0 saturated carbocycles. The summed E-state index contributed by atoms with van der Waals surface area (Å²) in [6, 6.07) is 6.20. The van der Waals surface area contributed by atoms with Gasteiger partial charge >= 0.3 is 6.18 Å². The normalized spacial score (nSPS) is 17.9. The minimum Gasteiger partial charge on any atom is -0.346 e. The molecular weight excluding hydrogens is 507 g/mol. The second kappa shape index (κ2) is 9.14. The number of H-pyrrole nitrogens is 1. The van der Waals surface area contributed by atoms with Crippen molar-refractivity contribution in [2.24, 2.45) is 0 Å². The maximum Gasteiger partial charge on any atom is 0.433 e. The Kier molecular flexibility index (Phi) is 5.91. The van der Waals surface area contributed by atoms with Crippen molar-refractivity contribution in [2.45, 2.75) is 25.1 Å². The first-order chi connectivity index (χ1) is 17.8. The number of nitrogens with zero attached hydrogens (tertiary/aromatic N) is 6. The van der Waals surface area contributed by atoms with Crippen LogP contribution in [0, 0.1) is 6.04 Å². The number of amides is 1. The van der Waals surface area contributed by atoms with Gasteiger partial charge in [-0.3, -0.25) is 19.4 Å². The van der Waals surface area contributed by atoms with Gasteiger partial charge in [-0.2, -0.15) is 18.3 Å². The zero-order valence-electron chi connectivity index (χ0n) is 19.5. The van der Waals surface area contributed by atoms with Gasteiger partial charge in [0.2, 0.25) is 0 Å².